The lowest BCUT2D eigenvalue weighted by Crippen LogP contribution is -2.48. The van der Waals surface area contributed by atoms with Crippen molar-refractivity contribution < 1.29 is 13.5 Å². The van der Waals surface area contributed by atoms with Gasteiger partial charge in [-0.15, -0.1) is 0 Å². The zero-order chi connectivity index (χ0) is 7.90. The Morgan fingerprint density at radius 3 is 2.45 bits per heavy atom. The molecule has 2 nitrogen and oxygen atoms in total. The molecule has 2 heterocycles. The summed E-state index contributed by atoms with van der Waals surface area (Å²) >= 11 is 0. The van der Waals surface area contributed by atoms with Gasteiger partial charge in [-0.1, -0.05) is 0 Å². The van der Waals surface area contributed by atoms with E-state index in [0.29, 0.717) is 19.8 Å². The molecule has 4 heteroatoms. The smallest absolute Gasteiger partial charge is 0.261 e. The van der Waals surface area contributed by atoms with Crippen LogP contribution in [0.2, 0.25) is 0 Å². The van der Waals surface area contributed by atoms with Crippen molar-refractivity contribution >= 4 is 0 Å². The summed E-state index contributed by atoms with van der Waals surface area (Å²) in [6.07, 6.45) is 0.0174. The van der Waals surface area contributed by atoms with E-state index in [9.17, 15) is 8.78 Å². The van der Waals surface area contributed by atoms with Gasteiger partial charge in [-0.3, -0.25) is 4.90 Å². The van der Waals surface area contributed by atoms with E-state index in [1.54, 1.807) is 0 Å². The summed E-state index contributed by atoms with van der Waals surface area (Å²) in [7, 11) is 0. The Bertz CT molecular complexity index is 159. The lowest BCUT2D eigenvalue weighted by Gasteiger charge is -2.34. The molecule has 0 spiro atoms. The predicted octanol–water partition coefficient (Wildman–Crippen LogP) is 0.726. The molecule has 64 valence electrons. The number of rotatable bonds is 1. The van der Waals surface area contributed by atoms with Crippen LogP contribution in [0.3, 0.4) is 0 Å². The van der Waals surface area contributed by atoms with Crippen molar-refractivity contribution in [3.05, 3.63) is 0 Å². The highest BCUT2D eigenvalue weighted by atomic mass is 19.3. The summed E-state index contributed by atoms with van der Waals surface area (Å²) in [6, 6.07) is 0.267. The highest BCUT2D eigenvalue weighted by Gasteiger charge is 2.42. The first-order chi connectivity index (χ1) is 5.17. The number of likely N-dealkylation sites (tertiary alicyclic amines) is 1. The van der Waals surface area contributed by atoms with Crippen LogP contribution in [0.1, 0.15) is 6.42 Å². The minimum absolute atomic E-state index is 0.0174. The van der Waals surface area contributed by atoms with E-state index in [1.165, 1.54) is 0 Å². The maximum absolute atomic E-state index is 12.6. The second kappa shape index (κ2) is 2.38. The second-order valence-electron chi connectivity index (χ2n) is 3.27. The first kappa shape index (κ1) is 7.43. The highest BCUT2D eigenvalue weighted by Crippen LogP contribution is 2.29. The molecular formula is C7H11F2NO. The summed E-state index contributed by atoms with van der Waals surface area (Å²) in [4.78, 5) is 1.82. The topological polar surface area (TPSA) is 12.5 Å². The predicted molar refractivity (Wildman–Crippen MR) is 35.7 cm³/mol. The zero-order valence-corrected chi connectivity index (χ0v) is 6.22. The fraction of sp³-hybridized carbons (Fsp3) is 1.00. The molecule has 0 atom stereocenters. The van der Waals surface area contributed by atoms with Gasteiger partial charge in [0, 0.05) is 13.0 Å². The molecular weight excluding hydrogens is 152 g/mol. The quantitative estimate of drug-likeness (QED) is 0.565. The lowest BCUT2D eigenvalue weighted by molar-refractivity contribution is -0.0707. The number of ether oxygens (including phenoxy) is 1. The van der Waals surface area contributed by atoms with Crippen molar-refractivity contribution in [1.82, 2.24) is 4.90 Å². The highest BCUT2D eigenvalue weighted by molar-refractivity contribution is 4.88. The minimum Gasteiger partial charge on any atom is -0.378 e. The van der Waals surface area contributed by atoms with Crippen LogP contribution in [0.4, 0.5) is 8.78 Å². The van der Waals surface area contributed by atoms with E-state index in [-0.39, 0.29) is 19.0 Å². The molecule has 0 saturated carbocycles. The van der Waals surface area contributed by atoms with Crippen molar-refractivity contribution in [2.45, 2.75) is 18.4 Å². The Labute approximate surface area is 64.1 Å². The summed E-state index contributed by atoms with van der Waals surface area (Å²) in [5.74, 6) is -2.45. The van der Waals surface area contributed by atoms with E-state index in [2.05, 4.69) is 0 Å². The van der Waals surface area contributed by atoms with Gasteiger partial charge < -0.3 is 4.74 Å². The van der Waals surface area contributed by atoms with E-state index in [0.717, 1.165) is 0 Å². The third kappa shape index (κ3) is 1.37. The van der Waals surface area contributed by atoms with Crippen LogP contribution < -0.4 is 0 Å². The van der Waals surface area contributed by atoms with E-state index < -0.39 is 5.92 Å². The van der Waals surface area contributed by atoms with Crippen molar-refractivity contribution in [2.75, 3.05) is 26.3 Å². The van der Waals surface area contributed by atoms with Crippen molar-refractivity contribution in [2.24, 2.45) is 0 Å². The van der Waals surface area contributed by atoms with Gasteiger partial charge in [-0.2, -0.15) is 0 Å². The Hall–Kier alpha value is -0.220. The SMILES string of the molecule is FC1(F)CCN(C2COC2)C1. The molecule has 0 N–H and O–H groups in total. The molecule has 0 bridgehead atoms. The number of alkyl halides is 2. The summed E-state index contributed by atoms with van der Waals surface area (Å²) < 4.78 is 30.2. The molecule has 2 saturated heterocycles. The van der Waals surface area contributed by atoms with Gasteiger partial charge in [0.2, 0.25) is 0 Å². The van der Waals surface area contributed by atoms with Crippen LogP contribution >= 0.6 is 0 Å². The minimum atomic E-state index is -2.45. The maximum Gasteiger partial charge on any atom is 0.261 e. The molecule has 11 heavy (non-hydrogen) atoms. The van der Waals surface area contributed by atoms with Crippen LogP contribution in [0.15, 0.2) is 0 Å². The van der Waals surface area contributed by atoms with Crippen LogP contribution in [0.25, 0.3) is 0 Å². The largest absolute Gasteiger partial charge is 0.378 e. The van der Waals surface area contributed by atoms with Crippen LogP contribution in [-0.2, 0) is 4.74 Å². The third-order valence-corrected chi connectivity index (χ3v) is 2.34. The molecule has 0 amide bonds. The maximum atomic E-state index is 12.6. The Morgan fingerprint density at radius 1 is 1.36 bits per heavy atom. The van der Waals surface area contributed by atoms with Crippen molar-refractivity contribution in [3.8, 4) is 0 Å². The van der Waals surface area contributed by atoms with Gasteiger partial charge in [-0.25, -0.2) is 8.78 Å². The number of hydrogen-bond acceptors (Lipinski definition) is 2. The van der Waals surface area contributed by atoms with Crippen LogP contribution in [0.5, 0.6) is 0 Å². The standard InChI is InChI=1S/C7H11F2NO/c8-7(9)1-2-10(5-7)6-3-11-4-6/h6H,1-5H2. The van der Waals surface area contributed by atoms with Gasteiger partial charge in [0.1, 0.15) is 0 Å². The van der Waals surface area contributed by atoms with Gasteiger partial charge in [0.25, 0.3) is 5.92 Å². The summed E-state index contributed by atoms with van der Waals surface area (Å²) in [5, 5.41) is 0. The monoisotopic (exact) mass is 163 g/mol. The second-order valence-corrected chi connectivity index (χ2v) is 3.27. The van der Waals surface area contributed by atoms with Gasteiger partial charge >= 0.3 is 0 Å². The molecule has 0 unspecified atom stereocenters. The normalized spacial score (nSPS) is 32.2. The Balaban J connectivity index is 1.88. The fourth-order valence-electron chi connectivity index (χ4n) is 1.51. The first-order valence-electron chi connectivity index (χ1n) is 3.87. The van der Waals surface area contributed by atoms with Crippen LogP contribution in [0, 0.1) is 0 Å². The molecule has 0 aromatic rings. The zero-order valence-electron chi connectivity index (χ0n) is 6.22. The average molecular weight is 163 g/mol. The Kier molecular flexibility index (Phi) is 1.61. The van der Waals surface area contributed by atoms with E-state index in [4.69, 9.17) is 4.74 Å². The van der Waals surface area contributed by atoms with Gasteiger partial charge in [0.15, 0.2) is 0 Å². The van der Waals surface area contributed by atoms with Crippen LogP contribution in [-0.4, -0.2) is 43.2 Å². The third-order valence-electron chi connectivity index (χ3n) is 2.34. The lowest BCUT2D eigenvalue weighted by atomic mass is 10.2. The van der Waals surface area contributed by atoms with Crippen molar-refractivity contribution in [1.29, 1.82) is 0 Å². The summed E-state index contributed by atoms with van der Waals surface area (Å²) in [5.41, 5.74) is 0. The molecule has 2 aliphatic heterocycles. The molecule has 0 aromatic carbocycles. The number of hydrogen-bond donors (Lipinski definition) is 0. The number of halogens is 2. The summed E-state index contributed by atoms with van der Waals surface area (Å²) in [6.45, 7) is 1.73. The van der Waals surface area contributed by atoms with Gasteiger partial charge in [0.05, 0.1) is 25.8 Å². The first-order valence-corrected chi connectivity index (χ1v) is 3.87. The van der Waals surface area contributed by atoms with Crippen molar-refractivity contribution in [3.63, 3.8) is 0 Å². The molecule has 0 radical (unpaired) electrons. The number of nitrogens with zero attached hydrogens (tertiary/aromatic N) is 1. The molecule has 2 rings (SSSR count). The Morgan fingerprint density at radius 2 is 2.09 bits per heavy atom. The molecule has 0 aromatic heterocycles. The van der Waals surface area contributed by atoms with E-state index >= 15 is 0 Å². The molecule has 2 aliphatic rings. The molecule has 0 aliphatic carbocycles. The molecule has 2 fully saturated rings. The fourth-order valence-corrected chi connectivity index (χ4v) is 1.51. The average Bonchev–Trinajstić information content (AvgIpc) is 2.05. The van der Waals surface area contributed by atoms with Gasteiger partial charge in [-0.05, 0) is 0 Å². The van der Waals surface area contributed by atoms with E-state index in [1.807, 2.05) is 4.90 Å².